The highest BCUT2D eigenvalue weighted by Gasteiger charge is 2.30. The lowest BCUT2D eigenvalue weighted by Gasteiger charge is -2.39. The molecular weight excluding hydrogens is 529 g/mol. The average molecular weight is 566 g/mol. The summed E-state index contributed by atoms with van der Waals surface area (Å²) in [4.78, 5) is 24.4. The molecule has 1 atom stereocenters. The molecule has 2 aliphatic rings. The van der Waals surface area contributed by atoms with Crippen LogP contribution in [0.2, 0.25) is 0 Å². The summed E-state index contributed by atoms with van der Waals surface area (Å²) in [5.41, 5.74) is 2.19. The van der Waals surface area contributed by atoms with E-state index in [1.54, 1.807) is 6.20 Å². The first-order valence-electron chi connectivity index (χ1n) is 11.8. The van der Waals surface area contributed by atoms with Gasteiger partial charge in [-0.2, -0.15) is 5.10 Å². The first-order valence-corrected chi connectivity index (χ1v) is 11.8. The first kappa shape index (κ1) is 25.5. The number of guanidine groups is 1. The number of likely N-dealkylation sites (tertiary alicyclic amines) is 1. The third kappa shape index (κ3) is 6.26. The van der Waals surface area contributed by atoms with Gasteiger partial charge < -0.3 is 15.1 Å². The lowest BCUT2D eigenvalue weighted by molar-refractivity contribution is -0.135. The van der Waals surface area contributed by atoms with Crippen LogP contribution in [-0.2, 0) is 11.3 Å². The number of para-hydroxylation sites is 1. The van der Waals surface area contributed by atoms with Crippen LogP contribution in [0.5, 0.6) is 0 Å². The van der Waals surface area contributed by atoms with Gasteiger partial charge in [-0.25, -0.2) is 9.67 Å². The molecule has 0 saturated carbocycles. The topological polar surface area (TPSA) is 69.0 Å². The van der Waals surface area contributed by atoms with Crippen LogP contribution in [0.4, 0.5) is 0 Å². The normalized spacial score (nSPS) is 18.2. The number of nitrogens with zero attached hydrogens (tertiary/aromatic N) is 6. The molecule has 0 aliphatic carbocycles. The number of aromatic nitrogens is 2. The Kier molecular flexibility index (Phi) is 9.54. The molecule has 2 aliphatic heterocycles. The minimum absolute atomic E-state index is 0. The van der Waals surface area contributed by atoms with E-state index in [-0.39, 0.29) is 35.9 Å². The Morgan fingerprint density at radius 1 is 1.06 bits per heavy atom. The fraction of sp³-hybridized carbons (Fsp3) is 0.542. The number of nitrogens with one attached hydrogen (secondary N) is 1. The Morgan fingerprint density at radius 3 is 2.45 bits per heavy atom. The van der Waals surface area contributed by atoms with Crippen molar-refractivity contribution < 1.29 is 4.79 Å². The monoisotopic (exact) mass is 565 g/mol. The molecule has 0 bridgehead atoms. The lowest BCUT2D eigenvalue weighted by atomic mass is 10.2. The van der Waals surface area contributed by atoms with E-state index in [0.717, 1.165) is 75.9 Å². The zero-order chi connectivity index (χ0) is 22.3. The quantitative estimate of drug-likeness (QED) is 0.332. The SMILES string of the molecule is CCNC(=NCc1ccccc1-n1cccn1)N1CCN(C(C)C(=O)N2CCCC2)CC1.I. The maximum absolute atomic E-state index is 12.8. The van der Waals surface area contributed by atoms with E-state index in [4.69, 9.17) is 4.99 Å². The van der Waals surface area contributed by atoms with E-state index < -0.39 is 0 Å². The lowest BCUT2D eigenvalue weighted by Crippen LogP contribution is -2.57. The number of carbonyl (C=O) groups excluding carboxylic acids is 1. The zero-order valence-corrected chi connectivity index (χ0v) is 22.0. The molecule has 33 heavy (non-hydrogen) atoms. The Balaban J connectivity index is 0.00000306. The summed E-state index contributed by atoms with van der Waals surface area (Å²) in [6.07, 6.45) is 6.02. The summed E-state index contributed by atoms with van der Waals surface area (Å²) < 4.78 is 1.88. The molecule has 3 heterocycles. The second kappa shape index (κ2) is 12.4. The maximum atomic E-state index is 12.8. The Morgan fingerprint density at radius 2 is 1.79 bits per heavy atom. The van der Waals surface area contributed by atoms with Crippen LogP contribution in [-0.4, -0.2) is 88.2 Å². The molecule has 180 valence electrons. The van der Waals surface area contributed by atoms with Crippen LogP contribution in [0.25, 0.3) is 5.69 Å². The molecule has 2 aromatic rings. The van der Waals surface area contributed by atoms with Gasteiger partial charge >= 0.3 is 0 Å². The molecule has 1 aromatic carbocycles. The zero-order valence-electron chi connectivity index (χ0n) is 19.7. The Bertz CT molecular complexity index is 903. The van der Waals surface area contributed by atoms with Gasteiger partial charge in [-0.15, -0.1) is 24.0 Å². The molecule has 1 aromatic heterocycles. The van der Waals surface area contributed by atoms with Gasteiger partial charge in [-0.3, -0.25) is 9.69 Å². The Hall–Kier alpha value is -2.14. The number of halogens is 1. The van der Waals surface area contributed by atoms with Crippen LogP contribution in [0.3, 0.4) is 0 Å². The maximum Gasteiger partial charge on any atom is 0.239 e. The number of benzene rings is 1. The van der Waals surface area contributed by atoms with Crippen LogP contribution >= 0.6 is 24.0 Å². The van der Waals surface area contributed by atoms with Crippen molar-refractivity contribution in [2.45, 2.75) is 39.3 Å². The number of amides is 1. The third-order valence-corrected chi connectivity index (χ3v) is 6.41. The van der Waals surface area contributed by atoms with Gasteiger partial charge in [0.2, 0.25) is 5.91 Å². The van der Waals surface area contributed by atoms with Gasteiger partial charge in [0.05, 0.1) is 18.3 Å². The summed E-state index contributed by atoms with van der Waals surface area (Å²) in [5, 5.41) is 7.82. The van der Waals surface area contributed by atoms with Crippen molar-refractivity contribution in [2.75, 3.05) is 45.8 Å². The predicted octanol–water partition coefficient (Wildman–Crippen LogP) is 2.58. The molecular formula is C24H36IN7O. The molecule has 2 fully saturated rings. The highest BCUT2D eigenvalue weighted by molar-refractivity contribution is 14.0. The van der Waals surface area contributed by atoms with Crippen LogP contribution < -0.4 is 5.32 Å². The van der Waals surface area contributed by atoms with Gasteiger partial charge in [-0.1, -0.05) is 18.2 Å². The molecule has 4 rings (SSSR count). The van der Waals surface area contributed by atoms with Crippen molar-refractivity contribution in [3.63, 3.8) is 0 Å². The van der Waals surface area contributed by atoms with E-state index in [9.17, 15) is 4.79 Å². The summed E-state index contributed by atoms with van der Waals surface area (Å²) in [7, 11) is 0. The van der Waals surface area contributed by atoms with Gasteiger partial charge in [0.15, 0.2) is 5.96 Å². The van der Waals surface area contributed by atoms with Crippen molar-refractivity contribution in [2.24, 2.45) is 4.99 Å². The predicted molar refractivity (Wildman–Crippen MR) is 142 cm³/mol. The number of rotatable bonds is 6. The van der Waals surface area contributed by atoms with Crippen molar-refractivity contribution in [1.29, 1.82) is 0 Å². The van der Waals surface area contributed by atoms with Gasteiger partial charge in [0.25, 0.3) is 0 Å². The van der Waals surface area contributed by atoms with E-state index in [2.05, 4.69) is 46.2 Å². The van der Waals surface area contributed by atoms with Crippen molar-refractivity contribution in [3.05, 3.63) is 48.3 Å². The number of hydrogen-bond donors (Lipinski definition) is 1. The van der Waals surface area contributed by atoms with Crippen LogP contribution in [0.15, 0.2) is 47.7 Å². The third-order valence-electron chi connectivity index (χ3n) is 6.41. The summed E-state index contributed by atoms with van der Waals surface area (Å²) in [6.45, 7) is 10.9. The first-order chi connectivity index (χ1) is 15.7. The van der Waals surface area contributed by atoms with E-state index in [0.29, 0.717) is 6.54 Å². The largest absolute Gasteiger partial charge is 0.357 e. The van der Waals surface area contributed by atoms with Gasteiger partial charge in [-0.05, 0) is 44.4 Å². The van der Waals surface area contributed by atoms with E-state index in [1.807, 2.05) is 34.0 Å². The van der Waals surface area contributed by atoms with Crippen molar-refractivity contribution in [1.82, 2.24) is 29.8 Å². The molecule has 1 unspecified atom stereocenters. The summed E-state index contributed by atoms with van der Waals surface area (Å²) >= 11 is 0. The highest BCUT2D eigenvalue weighted by Crippen LogP contribution is 2.16. The summed E-state index contributed by atoms with van der Waals surface area (Å²) in [6, 6.07) is 10.1. The molecule has 0 spiro atoms. The minimum Gasteiger partial charge on any atom is -0.357 e. The number of aliphatic imine (C=N–C) groups is 1. The van der Waals surface area contributed by atoms with Crippen LogP contribution in [0, 0.1) is 0 Å². The molecule has 8 nitrogen and oxygen atoms in total. The fourth-order valence-electron chi connectivity index (χ4n) is 4.54. The minimum atomic E-state index is -0.0456. The van der Waals surface area contributed by atoms with E-state index >= 15 is 0 Å². The Labute approximate surface area is 214 Å². The second-order valence-corrected chi connectivity index (χ2v) is 8.48. The van der Waals surface area contributed by atoms with E-state index in [1.165, 1.54) is 0 Å². The number of hydrogen-bond acceptors (Lipinski definition) is 4. The standard InChI is InChI=1S/C24H35N7O.HI/c1-3-25-24(26-19-21-9-4-5-10-22(21)31-14-8-11-27-31)30-17-15-28(16-18-30)20(2)23(32)29-12-6-7-13-29;/h4-5,8-11,14,20H,3,6-7,12-13,15-19H2,1-2H3,(H,25,26);1H. The van der Waals surface area contributed by atoms with Gasteiger partial charge in [0.1, 0.15) is 0 Å². The molecule has 2 saturated heterocycles. The van der Waals surface area contributed by atoms with Crippen molar-refractivity contribution >= 4 is 35.8 Å². The summed E-state index contributed by atoms with van der Waals surface area (Å²) in [5.74, 6) is 1.22. The van der Waals surface area contributed by atoms with Gasteiger partial charge in [0, 0.05) is 58.2 Å². The fourth-order valence-corrected chi connectivity index (χ4v) is 4.54. The highest BCUT2D eigenvalue weighted by atomic mass is 127. The average Bonchev–Trinajstić information content (AvgIpc) is 3.56. The molecule has 1 amide bonds. The van der Waals surface area contributed by atoms with Crippen LogP contribution in [0.1, 0.15) is 32.3 Å². The smallest absolute Gasteiger partial charge is 0.239 e. The second-order valence-electron chi connectivity index (χ2n) is 8.48. The molecule has 0 radical (unpaired) electrons. The van der Waals surface area contributed by atoms with Crippen molar-refractivity contribution in [3.8, 4) is 5.69 Å². The molecule has 1 N–H and O–H groups in total. The number of carbonyl (C=O) groups is 1. The molecule has 9 heteroatoms. The number of piperazine rings is 1.